The molecule has 0 saturated heterocycles. The average molecular weight is 371 g/mol. The second-order valence-corrected chi connectivity index (χ2v) is 6.77. The highest BCUT2D eigenvalue weighted by molar-refractivity contribution is 5.40. The van der Waals surface area contributed by atoms with Gasteiger partial charge >= 0.3 is 0 Å². The first-order valence-corrected chi connectivity index (χ1v) is 10.2. The number of nitrogens with zero attached hydrogens (tertiary/aromatic N) is 1. The zero-order chi connectivity index (χ0) is 19.5. The highest BCUT2D eigenvalue weighted by Crippen LogP contribution is 2.33. The molecule has 0 spiro atoms. The van der Waals surface area contributed by atoms with Crippen LogP contribution in [0.4, 0.5) is 0 Å². The van der Waals surface area contributed by atoms with Gasteiger partial charge in [0.15, 0.2) is 0 Å². The summed E-state index contributed by atoms with van der Waals surface area (Å²) in [5.41, 5.74) is 3.64. The summed E-state index contributed by atoms with van der Waals surface area (Å²) in [6, 6.07) is 12.6. The van der Waals surface area contributed by atoms with Crippen LogP contribution in [0.1, 0.15) is 63.4 Å². The van der Waals surface area contributed by atoms with Crippen LogP contribution in [0.5, 0.6) is 5.75 Å². The molecule has 1 unspecified atom stereocenters. The van der Waals surface area contributed by atoms with Gasteiger partial charge in [-0.1, -0.05) is 44.2 Å². The summed E-state index contributed by atoms with van der Waals surface area (Å²) in [6.07, 6.45) is 5.04. The van der Waals surface area contributed by atoms with Gasteiger partial charge in [0.05, 0.1) is 18.4 Å². The molecule has 1 aromatic carbocycles. The SMILES string of the molecule is CC.CC(C)Oc1ccnc2c1C(CCCOCc1ccccc1)NCC2. The van der Waals surface area contributed by atoms with E-state index in [4.69, 9.17) is 9.47 Å². The van der Waals surface area contributed by atoms with Gasteiger partial charge in [0.2, 0.25) is 0 Å². The van der Waals surface area contributed by atoms with Crippen molar-refractivity contribution in [3.05, 3.63) is 59.4 Å². The maximum Gasteiger partial charge on any atom is 0.127 e. The van der Waals surface area contributed by atoms with Crippen LogP contribution < -0.4 is 10.1 Å². The van der Waals surface area contributed by atoms with Gasteiger partial charge in [0.1, 0.15) is 5.75 Å². The van der Waals surface area contributed by atoms with E-state index in [1.54, 1.807) is 0 Å². The maximum atomic E-state index is 6.02. The molecular formula is C23H34N2O2. The summed E-state index contributed by atoms with van der Waals surface area (Å²) in [7, 11) is 0. The second kappa shape index (κ2) is 11.7. The van der Waals surface area contributed by atoms with E-state index >= 15 is 0 Å². The van der Waals surface area contributed by atoms with Crippen molar-refractivity contribution in [1.82, 2.24) is 10.3 Å². The van der Waals surface area contributed by atoms with Gasteiger partial charge in [-0.15, -0.1) is 0 Å². The maximum absolute atomic E-state index is 6.02. The highest BCUT2D eigenvalue weighted by Gasteiger charge is 2.24. The molecular weight excluding hydrogens is 336 g/mol. The normalized spacial score (nSPS) is 15.7. The van der Waals surface area contributed by atoms with Crippen molar-refractivity contribution in [3.8, 4) is 5.75 Å². The van der Waals surface area contributed by atoms with Gasteiger partial charge < -0.3 is 14.8 Å². The lowest BCUT2D eigenvalue weighted by atomic mass is 9.94. The number of hydrogen-bond donors (Lipinski definition) is 1. The monoisotopic (exact) mass is 370 g/mol. The van der Waals surface area contributed by atoms with Crippen LogP contribution >= 0.6 is 0 Å². The molecule has 4 nitrogen and oxygen atoms in total. The molecule has 0 amide bonds. The molecule has 2 heterocycles. The first kappa shape index (κ1) is 21.4. The van der Waals surface area contributed by atoms with E-state index in [1.165, 1.54) is 16.8 Å². The molecule has 4 heteroatoms. The van der Waals surface area contributed by atoms with Crippen LogP contribution in [-0.4, -0.2) is 24.2 Å². The van der Waals surface area contributed by atoms with Gasteiger partial charge in [0.25, 0.3) is 0 Å². The zero-order valence-electron chi connectivity index (χ0n) is 17.2. The molecule has 1 atom stereocenters. The predicted octanol–water partition coefficient (Wildman–Crippen LogP) is 5.08. The van der Waals surface area contributed by atoms with Crippen molar-refractivity contribution in [2.45, 2.75) is 65.7 Å². The van der Waals surface area contributed by atoms with Crippen molar-refractivity contribution in [2.75, 3.05) is 13.2 Å². The van der Waals surface area contributed by atoms with Crippen molar-refractivity contribution < 1.29 is 9.47 Å². The van der Waals surface area contributed by atoms with E-state index in [9.17, 15) is 0 Å². The molecule has 148 valence electrons. The summed E-state index contributed by atoms with van der Waals surface area (Å²) in [6.45, 7) is 10.5. The van der Waals surface area contributed by atoms with Crippen LogP contribution in [0.3, 0.4) is 0 Å². The fourth-order valence-electron chi connectivity index (χ4n) is 3.29. The van der Waals surface area contributed by atoms with Crippen molar-refractivity contribution in [3.63, 3.8) is 0 Å². The summed E-state index contributed by atoms with van der Waals surface area (Å²) in [4.78, 5) is 4.57. The molecule has 1 N–H and O–H groups in total. The third-order valence-electron chi connectivity index (χ3n) is 4.39. The molecule has 0 saturated carbocycles. The summed E-state index contributed by atoms with van der Waals surface area (Å²) in [5.74, 6) is 0.974. The van der Waals surface area contributed by atoms with E-state index in [0.717, 1.165) is 38.2 Å². The minimum Gasteiger partial charge on any atom is -0.491 e. The lowest BCUT2D eigenvalue weighted by Gasteiger charge is -2.29. The Balaban J connectivity index is 0.00000126. The minimum atomic E-state index is 0.170. The number of ether oxygens (including phenoxy) is 2. The molecule has 2 aromatic rings. The number of nitrogens with one attached hydrogen (secondary N) is 1. The Morgan fingerprint density at radius 1 is 1.15 bits per heavy atom. The van der Waals surface area contributed by atoms with Gasteiger partial charge in [0, 0.05) is 37.4 Å². The smallest absolute Gasteiger partial charge is 0.127 e. The molecule has 1 aliphatic heterocycles. The first-order valence-electron chi connectivity index (χ1n) is 10.2. The summed E-state index contributed by atoms with van der Waals surface area (Å²) in [5, 5.41) is 3.62. The Bertz CT molecular complexity index is 659. The molecule has 0 fully saturated rings. The fourth-order valence-corrected chi connectivity index (χ4v) is 3.29. The second-order valence-electron chi connectivity index (χ2n) is 6.77. The standard InChI is InChI=1S/C21H28N2O2.C2H6/c1-16(2)25-20-11-13-23-19-10-12-22-18(21(19)20)9-6-14-24-15-17-7-4-3-5-8-17;1-2/h3-5,7-8,11,13,16,18,22H,6,9-10,12,14-15H2,1-2H3;1-2H3. The van der Waals surface area contributed by atoms with Crippen LogP contribution in [0.2, 0.25) is 0 Å². The van der Waals surface area contributed by atoms with Crippen LogP contribution in [0, 0.1) is 0 Å². The Morgan fingerprint density at radius 3 is 2.67 bits per heavy atom. The Labute approximate surface area is 164 Å². The molecule has 0 radical (unpaired) electrons. The van der Waals surface area contributed by atoms with Crippen molar-refractivity contribution in [2.24, 2.45) is 0 Å². The highest BCUT2D eigenvalue weighted by atomic mass is 16.5. The van der Waals surface area contributed by atoms with E-state index in [2.05, 4.69) is 36.3 Å². The number of aromatic nitrogens is 1. The zero-order valence-corrected chi connectivity index (χ0v) is 17.2. The summed E-state index contributed by atoms with van der Waals surface area (Å²) < 4.78 is 11.8. The number of pyridine rings is 1. The fraction of sp³-hybridized carbons (Fsp3) is 0.522. The average Bonchev–Trinajstić information content (AvgIpc) is 2.70. The van der Waals surface area contributed by atoms with Crippen LogP contribution in [0.25, 0.3) is 0 Å². The van der Waals surface area contributed by atoms with Crippen molar-refractivity contribution >= 4 is 0 Å². The molecule has 3 rings (SSSR count). The van der Waals surface area contributed by atoms with E-state index in [0.29, 0.717) is 12.6 Å². The van der Waals surface area contributed by atoms with Crippen molar-refractivity contribution in [1.29, 1.82) is 0 Å². The van der Waals surface area contributed by atoms with Gasteiger partial charge in [-0.2, -0.15) is 0 Å². The van der Waals surface area contributed by atoms with Gasteiger partial charge in [-0.3, -0.25) is 4.98 Å². The van der Waals surface area contributed by atoms with Gasteiger partial charge in [-0.25, -0.2) is 0 Å². The molecule has 1 aliphatic rings. The quantitative estimate of drug-likeness (QED) is 0.658. The first-order chi connectivity index (χ1) is 13.2. The van der Waals surface area contributed by atoms with E-state index in [1.807, 2.05) is 44.3 Å². The van der Waals surface area contributed by atoms with Crippen LogP contribution in [-0.2, 0) is 17.8 Å². The minimum absolute atomic E-state index is 0.170. The lowest BCUT2D eigenvalue weighted by molar-refractivity contribution is 0.114. The Morgan fingerprint density at radius 2 is 1.93 bits per heavy atom. The number of hydrogen-bond acceptors (Lipinski definition) is 4. The molecule has 27 heavy (non-hydrogen) atoms. The molecule has 0 bridgehead atoms. The number of benzene rings is 1. The summed E-state index contributed by atoms with van der Waals surface area (Å²) >= 11 is 0. The Kier molecular flexibility index (Phi) is 9.29. The predicted molar refractivity (Wildman–Crippen MR) is 111 cm³/mol. The lowest BCUT2D eigenvalue weighted by Crippen LogP contribution is -2.31. The van der Waals surface area contributed by atoms with E-state index in [-0.39, 0.29) is 6.10 Å². The molecule has 1 aromatic heterocycles. The van der Waals surface area contributed by atoms with Gasteiger partial charge in [-0.05, 0) is 38.3 Å². The number of fused-ring (bicyclic) bond motifs is 1. The number of rotatable bonds is 8. The molecule has 0 aliphatic carbocycles. The van der Waals surface area contributed by atoms with Crippen LogP contribution in [0.15, 0.2) is 42.6 Å². The topological polar surface area (TPSA) is 43.4 Å². The Hall–Kier alpha value is -1.91. The van der Waals surface area contributed by atoms with E-state index < -0.39 is 0 Å². The largest absolute Gasteiger partial charge is 0.491 e. The third-order valence-corrected chi connectivity index (χ3v) is 4.39. The third kappa shape index (κ3) is 6.64.